The minimum absolute atomic E-state index is 0.0414. The van der Waals surface area contributed by atoms with Gasteiger partial charge >= 0.3 is 5.97 Å². The highest BCUT2D eigenvalue weighted by Crippen LogP contribution is 2.44. The van der Waals surface area contributed by atoms with Crippen molar-refractivity contribution in [3.05, 3.63) is 112 Å². The van der Waals surface area contributed by atoms with Gasteiger partial charge in [-0.3, -0.25) is 4.79 Å². The van der Waals surface area contributed by atoms with E-state index in [1.165, 1.54) is 12.1 Å². The maximum absolute atomic E-state index is 13.7. The smallest absolute Gasteiger partial charge is 0.336 e. The summed E-state index contributed by atoms with van der Waals surface area (Å²) in [6, 6.07) is 16.3. The van der Waals surface area contributed by atoms with Gasteiger partial charge in [0.05, 0.1) is 5.56 Å². The van der Waals surface area contributed by atoms with Crippen LogP contribution in [-0.4, -0.2) is 29.8 Å². The fourth-order valence-corrected chi connectivity index (χ4v) is 6.45. The van der Waals surface area contributed by atoms with E-state index in [9.17, 15) is 18.4 Å². The Balaban J connectivity index is 1.28. The zero-order chi connectivity index (χ0) is 31.9. The van der Waals surface area contributed by atoms with Crippen molar-refractivity contribution in [2.24, 2.45) is 11.8 Å². The molecule has 0 saturated carbocycles. The van der Waals surface area contributed by atoms with Gasteiger partial charge in [-0.2, -0.15) is 5.26 Å². The van der Waals surface area contributed by atoms with Crippen LogP contribution in [0.5, 0.6) is 5.75 Å². The number of anilines is 1. The molecule has 1 aliphatic heterocycles. The monoisotopic (exact) mass is 629 g/mol. The normalized spacial score (nSPS) is 19.0. The van der Waals surface area contributed by atoms with E-state index in [0.717, 1.165) is 60.6 Å². The van der Waals surface area contributed by atoms with Gasteiger partial charge in [-0.15, -0.1) is 0 Å². The van der Waals surface area contributed by atoms with Gasteiger partial charge in [0.25, 0.3) is 0 Å². The first-order valence-electron chi connectivity index (χ1n) is 15.2. The summed E-state index contributed by atoms with van der Waals surface area (Å²) in [6.45, 7) is 3.41. The fourth-order valence-electron chi connectivity index (χ4n) is 6.32. The van der Waals surface area contributed by atoms with Crippen molar-refractivity contribution < 1.29 is 23.1 Å². The van der Waals surface area contributed by atoms with Gasteiger partial charge in [-0.25, -0.2) is 18.6 Å². The Kier molecular flexibility index (Phi) is 10.4. The molecule has 9 heteroatoms. The summed E-state index contributed by atoms with van der Waals surface area (Å²) in [4.78, 5) is 32.9. The van der Waals surface area contributed by atoms with E-state index in [-0.39, 0.29) is 29.3 Å². The van der Waals surface area contributed by atoms with Crippen LogP contribution in [-0.2, 0) is 9.59 Å². The molecule has 1 fully saturated rings. The van der Waals surface area contributed by atoms with Gasteiger partial charge in [0.1, 0.15) is 23.4 Å². The molecule has 45 heavy (non-hydrogen) atoms. The molecule has 0 radical (unpaired) electrons. The summed E-state index contributed by atoms with van der Waals surface area (Å²) in [6.07, 6.45) is 8.91. The molecule has 6 nitrogen and oxygen atoms in total. The van der Waals surface area contributed by atoms with Crippen molar-refractivity contribution in [1.29, 1.82) is 5.26 Å². The molecule has 2 atom stereocenters. The molecular weight excluding hydrogens is 596 g/mol. The number of Topliss-reactive ketones (excluding diaryl/α,β-unsaturated/α-hetero) is 1. The summed E-state index contributed by atoms with van der Waals surface area (Å²) in [5.74, 6) is -1.86. The number of piperidine rings is 1. The van der Waals surface area contributed by atoms with Crippen LogP contribution in [0.1, 0.15) is 62.5 Å². The van der Waals surface area contributed by atoms with Crippen LogP contribution < -0.4 is 9.64 Å². The van der Waals surface area contributed by atoms with Crippen LogP contribution in [0.3, 0.4) is 0 Å². The number of halogens is 3. The molecule has 0 spiro atoms. The molecule has 1 aromatic heterocycles. The number of hydrogen-bond donors (Lipinski definition) is 0. The molecule has 0 amide bonds. The Bertz CT molecular complexity index is 1640. The highest BCUT2D eigenvalue weighted by atomic mass is 35.5. The number of rotatable bonds is 9. The van der Waals surface area contributed by atoms with Gasteiger partial charge in [0.15, 0.2) is 11.6 Å². The van der Waals surface area contributed by atoms with Crippen LogP contribution in [0.15, 0.2) is 84.1 Å². The Hall–Kier alpha value is -4.35. The number of aromatic nitrogens is 1. The molecule has 0 N–H and O–H groups in total. The first kappa shape index (κ1) is 32.1. The molecule has 232 valence electrons. The molecule has 1 saturated heterocycles. The number of nitrogens with zero attached hydrogens (tertiary/aromatic N) is 3. The molecule has 2 aliphatic rings. The van der Waals surface area contributed by atoms with Crippen LogP contribution in [0.2, 0.25) is 5.02 Å². The number of carbonyl (C=O) groups is 2. The molecule has 0 bridgehead atoms. The number of ketones is 1. The topological polar surface area (TPSA) is 83.3 Å². The van der Waals surface area contributed by atoms with Gasteiger partial charge < -0.3 is 9.64 Å². The lowest BCUT2D eigenvalue weighted by molar-refractivity contribution is -0.129. The zero-order valence-corrected chi connectivity index (χ0v) is 25.8. The molecule has 5 rings (SSSR count). The molecule has 3 aromatic rings. The second-order valence-corrected chi connectivity index (χ2v) is 12.0. The van der Waals surface area contributed by atoms with E-state index in [4.69, 9.17) is 21.6 Å². The van der Waals surface area contributed by atoms with Gasteiger partial charge in [0, 0.05) is 48.8 Å². The van der Waals surface area contributed by atoms with Crippen LogP contribution in [0, 0.1) is 34.8 Å². The lowest BCUT2D eigenvalue weighted by atomic mass is 9.70. The van der Waals surface area contributed by atoms with Crippen LogP contribution in [0.25, 0.3) is 0 Å². The van der Waals surface area contributed by atoms with E-state index in [1.807, 2.05) is 37.3 Å². The van der Waals surface area contributed by atoms with Gasteiger partial charge in [-0.05, 0) is 85.9 Å². The predicted molar refractivity (Wildman–Crippen MR) is 169 cm³/mol. The van der Waals surface area contributed by atoms with E-state index in [2.05, 4.69) is 22.0 Å². The molecular formula is C36H34ClF2N3O3. The Morgan fingerprint density at radius 1 is 1.09 bits per heavy atom. The number of allylic oxidation sites excluding steroid dienone is 3. The van der Waals surface area contributed by atoms with Crippen molar-refractivity contribution in [2.75, 3.05) is 18.0 Å². The van der Waals surface area contributed by atoms with E-state index >= 15 is 0 Å². The van der Waals surface area contributed by atoms with E-state index < -0.39 is 17.6 Å². The van der Waals surface area contributed by atoms with Crippen molar-refractivity contribution in [2.45, 2.75) is 51.4 Å². The summed E-state index contributed by atoms with van der Waals surface area (Å²) in [5, 5.41) is 9.66. The summed E-state index contributed by atoms with van der Waals surface area (Å²) in [5.41, 5.74) is 3.52. The average molecular weight is 630 g/mol. The lowest BCUT2D eigenvalue weighted by Crippen LogP contribution is -2.37. The molecule has 1 aliphatic carbocycles. The SMILES string of the molecule is CCC(=CC(=O)Oc1ccc(F)c(F)c1)C1CC(CC(=O)C2CCN(c3ccc(C#N)cn3)CC2)=CCC1c1ccc(Cl)cc1. The maximum Gasteiger partial charge on any atom is 0.336 e. The van der Waals surface area contributed by atoms with Crippen molar-refractivity contribution in [3.63, 3.8) is 0 Å². The summed E-state index contributed by atoms with van der Waals surface area (Å²) >= 11 is 6.16. The van der Waals surface area contributed by atoms with Crippen molar-refractivity contribution >= 4 is 29.2 Å². The highest BCUT2D eigenvalue weighted by Gasteiger charge is 2.32. The number of pyridine rings is 1. The summed E-state index contributed by atoms with van der Waals surface area (Å²) in [7, 11) is 0. The van der Waals surface area contributed by atoms with Crippen molar-refractivity contribution in [3.8, 4) is 11.8 Å². The minimum atomic E-state index is -1.09. The van der Waals surface area contributed by atoms with Crippen molar-refractivity contribution in [1.82, 2.24) is 4.98 Å². The van der Waals surface area contributed by atoms with Gasteiger partial charge in [0.2, 0.25) is 0 Å². The standard InChI is InChI=1S/C36H34ClF2N3O3/c1-2-25(19-36(44)45-29-9-11-32(38)33(39)20-29)31-17-23(3-10-30(31)26-5-7-28(37)8-6-26)18-34(43)27-13-15-42(16-14-27)35-12-4-24(21-40)22-41-35/h3-9,11-12,19-20,22,27,30-31H,2,10,13-18H2,1H3. The van der Waals surface area contributed by atoms with Crippen LogP contribution in [0.4, 0.5) is 14.6 Å². The fraction of sp³-hybridized carbons (Fsp3) is 0.333. The third-order valence-electron chi connectivity index (χ3n) is 8.78. The number of hydrogen-bond acceptors (Lipinski definition) is 6. The molecule has 2 heterocycles. The first-order chi connectivity index (χ1) is 21.7. The number of esters is 1. The average Bonchev–Trinajstić information content (AvgIpc) is 3.06. The predicted octanol–water partition coefficient (Wildman–Crippen LogP) is 8.12. The first-order valence-corrected chi connectivity index (χ1v) is 15.6. The third kappa shape index (κ3) is 8.03. The second kappa shape index (κ2) is 14.6. The molecule has 2 aromatic carbocycles. The quantitative estimate of drug-likeness (QED) is 0.103. The Morgan fingerprint density at radius 2 is 1.84 bits per heavy atom. The number of benzene rings is 2. The number of ether oxygens (including phenoxy) is 1. The Morgan fingerprint density at radius 3 is 2.49 bits per heavy atom. The highest BCUT2D eigenvalue weighted by molar-refractivity contribution is 6.30. The molecule has 2 unspecified atom stereocenters. The summed E-state index contributed by atoms with van der Waals surface area (Å²) < 4.78 is 32.4. The van der Waals surface area contributed by atoms with E-state index in [0.29, 0.717) is 36.3 Å². The number of nitriles is 1. The van der Waals surface area contributed by atoms with Crippen LogP contribution >= 0.6 is 11.6 Å². The van der Waals surface area contributed by atoms with E-state index in [1.54, 1.807) is 12.3 Å². The largest absolute Gasteiger partial charge is 0.423 e. The Labute approximate surface area is 267 Å². The lowest BCUT2D eigenvalue weighted by Gasteiger charge is -2.35. The minimum Gasteiger partial charge on any atom is -0.423 e. The zero-order valence-electron chi connectivity index (χ0n) is 25.0. The third-order valence-corrected chi connectivity index (χ3v) is 9.03. The number of carbonyl (C=O) groups excluding carboxylic acids is 2. The second-order valence-electron chi connectivity index (χ2n) is 11.6. The maximum atomic E-state index is 13.7. The van der Waals surface area contributed by atoms with Gasteiger partial charge in [-0.1, -0.05) is 47.9 Å².